The Morgan fingerprint density at radius 1 is 1.23 bits per heavy atom. The van der Waals surface area contributed by atoms with Crippen molar-refractivity contribution in [2.75, 3.05) is 30.4 Å². The largest absolute Gasteiger partial charge is 0.388 e. The van der Waals surface area contributed by atoms with Gasteiger partial charge in [-0.2, -0.15) is 4.98 Å². The zero-order valence-corrected chi connectivity index (χ0v) is 18.1. The highest BCUT2D eigenvalue weighted by atomic mass is 32.2. The predicted octanol–water partition coefficient (Wildman–Crippen LogP) is 1.78. The fraction of sp³-hybridized carbons (Fsp3) is 0.476. The van der Waals surface area contributed by atoms with Gasteiger partial charge in [-0.3, -0.25) is 4.57 Å². The number of aliphatic hydroxyl groups excluding tert-OH is 1. The number of nitrogens with zero attached hydrogens (tertiary/aromatic N) is 5. The van der Waals surface area contributed by atoms with Crippen LogP contribution in [0.25, 0.3) is 17.0 Å². The molecule has 2 aliphatic rings. The lowest BCUT2D eigenvalue weighted by Gasteiger charge is -2.34. The normalized spacial score (nSPS) is 23.5. The van der Waals surface area contributed by atoms with Crippen LogP contribution in [0.15, 0.2) is 30.3 Å². The summed E-state index contributed by atoms with van der Waals surface area (Å²) in [5.74, 6) is 1.58. The van der Waals surface area contributed by atoms with E-state index in [-0.39, 0.29) is 18.4 Å². The molecular formula is C21H25N5O4S. The van der Waals surface area contributed by atoms with Gasteiger partial charge in [0, 0.05) is 12.6 Å². The van der Waals surface area contributed by atoms with Crippen molar-refractivity contribution in [2.24, 2.45) is 0 Å². The third-order valence-electron chi connectivity index (χ3n) is 6.01. The molecule has 0 spiro atoms. The molecule has 10 heteroatoms. The highest BCUT2D eigenvalue weighted by molar-refractivity contribution is 7.91. The summed E-state index contributed by atoms with van der Waals surface area (Å²) in [5.41, 5.74) is 1.98. The highest BCUT2D eigenvalue weighted by Gasteiger charge is 2.35. The molecule has 3 aromatic rings. The average Bonchev–Trinajstić information content (AvgIpc) is 3.32. The molecule has 9 nitrogen and oxygen atoms in total. The van der Waals surface area contributed by atoms with E-state index in [2.05, 4.69) is 16.8 Å². The van der Waals surface area contributed by atoms with Crippen LogP contribution in [0.3, 0.4) is 0 Å². The molecule has 2 atom stereocenters. The molecule has 2 fully saturated rings. The van der Waals surface area contributed by atoms with Gasteiger partial charge in [-0.1, -0.05) is 12.1 Å². The van der Waals surface area contributed by atoms with E-state index in [0.717, 1.165) is 11.0 Å². The van der Waals surface area contributed by atoms with Crippen LogP contribution in [0.4, 0.5) is 5.82 Å². The minimum absolute atomic E-state index is 0.0985. The van der Waals surface area contributed by atoms with Gasteiger partial charge in [0.05, 0.1) is 41.7 Å². The van der Waals surface area contributed by atoms with Crippen LogP contribution in [-0.4, -0.2) is 64.6 Å². The van der Waals surface area contributed by atoms with Crippen molar-refractivity contribution in [3.05, 3.63) is 41.9 Å². The summed E-state index contributed by atoms with van der Waals surface area (Å²) in [6, 6.07) is 9.42. The first-order valence-corrected chi connectivity index (χ1v) is 12.2. The summed E-state index contributed by atoms with van der Waals surface area (Å²) < 4.78 is 32.7. The van der Waals surface area contributed by atoms with Gasteiger partial charge >= 0.3 is 0 Å². The average molecular weight is 444 g/mol. The lowest BCUT2D eigenvalue weighted by Crippen LogP contribution is -2.44. The van der Waals surface area contributed by atoms with E-state index >= 15 is 0 Å². The van der Waals surface area contributed by atoms with Gasteiger partial charge in [-0.25, -0.2) is 18.4 Å². The van der Waals surface area contributed by atoms with Crippen molar-refractivity contribution in [1.29, 1.82) is 0 Å². The van der Waals surface area contributed by atoms with Gasteiger partial charge in [0.25, 0.3) is 0 Å². The monoisotopic (exact) mass is 443 g/mol. The van der Waals surface area contributed by atoms with Gasteiger partial charge in [-0.15, -0.1) is 0 Å². The van der Waals surface area contributed by atoms with Crippen molar-refractivity contribution in [3.63, 3.8) is 0 Å². The minimum atomic E-state index is -3.25. The van der Waals surface area contributed by atoms with Crippen LogP contribution in [0.1, 0.15) is 36.5 Å². The first kappa shape index (κ1) is 20.3. The number of imidazole rings is 1. The molecule has 0 unspecified atom stereocenters. The van der Waals surface area contributed by atoms with E-state index in [1.807, 2.05) is 24.3 Å². The molecule has 0 amide bonds. The van der Waals surface area contributed by atoms with Crippen LogP contribution >= 0.6 is 0 Å². The Morgan fingerprint density at radius 2 is 2.06 bits per heavy atom. The molecule has 0 bridgehead atoms. The number of aromatic nitrogens is 4. The zero-order chi connectivity index (χ0) is 21.6. The maximum absolute atomic E-state index is 12.7. The minimum Gasteiger partial charge on any atom is -0.388 e. The fourth-order valence-corrected chi connectivity index (χ4v) is 6.32. The predicted molar refractivity (Wildman–Crippen MR) is 116 cm³/mol. The quantitative estimate of drug-likeness (QED) is 0.650. The van der Waals surface area contributed by atoms with Crippen molar-refractivity contribution >= 4 is 26.7 Å². The van der Waals surface area contributed by atoms with Gasteiger partial charge < -0.3 is 14.7 Å². The summed E-state index contributed by atoms with van der Waals surface area (Å²) in [7, 11) is -3.25. The number of aliphatic hydroxyl groups is 1. The number of anilines is 1. The Balaban J connectivity index is 1.72. The van der Waals surface area contributed by atoms with E-state index < -0.39 is 15.1 Å². The molecule has 2 aromatic heterocycles. The topological polar surface area (TPSA) is 110 Å². The molecule has 0 radical (unpaired) electrons. The molecule has 31 heavy (non-hydrogen) atoms. The summed E-state index contributed by atoms with van der Waals surface area (Å²) in [5, 5.41) is 9.30. The summed E-state index contributed by atoms with van der Waals surface area (Å²) >= 11 is 0. The van der Waals surface area contributed by atoms with Crippen LogP contribution in [-0.2, 0) is 21.2 Å². The Hall–Kier alpha value is -2.56. The number of benzene rings is 1. The maximum Gasteiger partial charge on any atom is 0.237 e. The number of hydrogen-bond donors (Lipinski definition) is 1. The fourth-order valence-electron chi connectivity index (χ4n) is 4.45. The first-order chi connectivity index (χ1) is 15.0. The van der Waals surface area contributed by atoms with E-state index in [1.165, 1.54) is 0 Å². The van der Waals surface area contributed by atoms with Crippen LogP contribution in [0.2, 0.25) is 0 Å². The first-order valence-electron chi connectivity index (χ1n) is 10.5. The number of sulfone groups is 1. The Bertz CT molecular complexity index is 1230. The molecule has 1 aromatic carbocycles. The third-order valence-corrected chi connectivity index (χ3v) is 8.21. The Labute approximate surface area is 180 Å². The van der Waals surface area contributed by atoms with E-state index in [9.17, 15) is 13.5 Å². The second-order valence-electron chi connectivity index (χ2n) is 8.08. The third kappa shape index (κ3) is 3.58. The maximum atomic E-state index is 12.7. The van der Waals surface area contributed by atoms with Crippen LogP contribution in [0.5, 0.6) is 0 Å². The Kier molecular flexibility index (Phi) is 5.15. The molecule has 5 rings (SSSR count). The van der Waals surface area contributed by atoms with Gasteiger partial charge in [0.15, 0.2) is 9.84 Å². The second kappa shape index (κ2) is 7.85. The van der Waals surface area contributed by atoms with Crippen LogP contribution in [0, 0.1) is 0 Å². The lowest BCUT2D eigenvalue weighted by molar-refractivity contribution is 0.0985. The smallest absolute Gasteiger partial charge is 0.237 e. The number of rotatable bonds is 4. The zero-order valence-electron chi connectivity index (χ0n) is 17.3. The number of morpholine rings is 1. The molecule has 164 valence electrons. The molecule has 2 aliphatic heterocycles. The molecule has 0 aliphatic carbocycles. The van der Waals surface area contributed by atoms with Crippen LogP contribution < -0.4 is 4.90 Å². The van der Waals surface area contributed by atoms with Crippen molar-refractivity contribution in [3.8, 4) is 5.95 Å². The van der Waals surface area contributed by atoms with Gasteiger partial charge in [0.2, 0.25) is 5.95 Å². The summed E-state index contributed by atoms with van der Waals surface area (Å²) in [6.45, 7) is 3.58. The van der Waals surface area contributed by atoms with Crippen molar-refractivity contribution in [2.45, 2.75) is 37.7 Å². The van der Waals surface area contributed by atoms with Crippen molar-refractivity contribution < 1.29 is 18.3 Å². The number of fused-ring (bicyclic) bond motifs is 1. The molecule has 4 heterocycles. The standard InChI is InChI=1S/C21H25N5O4S/c1-14-13-30-9-8-25(14)19-11-16(18-7-4-10-31(18,28)29)23-21(24-19)26-17-6-3-2-5-15(17)22-20(26)12-27/h2-3,5-6,11,14,18,27H,4,7-10,12-13H2,1H3/t14-,18-/m1/s1. The van der Waals surface area contributed by atoms with E-state index in [0.29, 0.717) is 55.9 Å². The molecule has 0 saturated carbocycles. The SMILES string of the molecule is C[C@@H]1COCCN1c1cc([C@H]2CCCS2(=O)=O)nc(-n2c(CO)nc3ccccc32)n1. The van der Waals surface area contributed by atoms with E-state index in [4.69, 9.17) is 14.7 Å². The number of para-hydroxylation sites is 2. The van der Waals surface area contributed by atoms with Gasteiger partial charge in [-0.05, 0) is 31.9 Å². The highest BCUT2D eigenvalue weighted by Crippen LogP contribution is 2.36. The van der Waals surface area contributed by atoms with Gasteiger partial charge in [0.1, 0.15) is 23.5 Å². The Morgan fingerprint density at radius 3 is 2.81 bits per heavy atom. The van der Waals surface area contributed by atoms with E-state index in [1.54, 1.807) is 10.6 Å². The number of ether oxygens (including phenoxy) is 1. The second-order valence-corrected chi connectivity index (χ2v) is 10.4. The molecule has 1 N–H and O–H groups in total. The lowest BCUT2D eigenvalue weighted by atomic mass is 10.2. The van der Waals surface area contributed by atoms with Crippen molar-refractivity contribution in [1.82, 2.24) is 19.5 Å². The summed E-state index contributed by atoms with van der Waals surface area (Å²) in [6.07, 6.45) is 1.18. The molecular weight excluding hydrogens is 418 g/mol. The summed E-state index contributed by atoms with van der Waals surface area (Å²) in [4.78, 5) is 16.1. The molecule has 2 saturated heterocycles. The number of hydrogen-bond acceptors (Lipinski definition) is 8.